The van der Waals surface area contributed by atoms with Gasteiger partial charge in [-0.3, -0.25) is 9.59 Å². The van der Waals surface area contributed by atoms with Crippen LogP contribution in [0.3, 0.4) is 0 Å². The Kier molecular flexibility index (Phi) is 5.48. The second-order valence-corrected chi connectivity index (χ2v) is 10.1. The zero-order valence-corrected chi connectivity index (χ0v) is 15.5. The summed E-state index contributed by atoms with van der Waals surface area (Å²) in [5, 5.41) is 13.9. The number of carbonyl (C=O) groups is 2. The highest BCUT2D eigenvalue weighted by Crippen LogP contribution is 2.33. The highest BCUT2D eigenvalue weighted by molar-refractivity contribution is 8.04. The van der Waals surface area contributed by atoms with Crippen LogP contribution in [-0.2, 0) is 9.59 Å². The van der Waals surface area contributed by atoms with Crippen LogP contribution in [0.2, 0.25) is 0 Å². The lowest BCUT2D eigenvalue weighted by molar-refractivity contribution is -0.121. The standard InChI is InChI=1S/C14H20N4O2S3/c1-7(11(19)15-9-3-4-9)21-13-17-18-14(23-13)22-8(2)12(20)16-10-5-6-10/h7-10H,3-6H2,1-2H3,(H,15,19)(H,16,20)/t7-,8-/m1/s1. The fourth-order valence-electron chi connectivity index (χ4n) is 1.79. The molecule has 0 spiro atoms. The van der Waals surface area contributed by atoms with Gasteiger partial charge in [0.25, 0.3) is 0 Å². The van der Waals surface area contributed by atoms with E-state index in [4.69, 9.17) is 0 Å². The molecule has 23 heavy (non-hydrogen) atoms. The van der Waals surface area contributed by atoms with E-state index >= 15 is 0 Å². The number of carbonyl (C=O) groups excluding carboxylic acids is 2. The average molecular weight is 373 g/mol. The molecule has 1 aromatic rings. The number of hydrogen-bond donors (Lipinski definition) is 2. The molecule has 2 N–H and O–H groups in total. The first-order valence-electron chi connectivity index (χ1n) is 7.79. The van der Waals surface area contributed by atoms with Gasteiger partial charge in [0.15, 0.2) is 8.68 Å². The molecule has 2 saturated carbocycles. The first-order valence-corrected chi connectivity index (χ1v) is 10.4. The van der Waals surface area contributed by atoms with Gasteiger partial charge in [0.1, 0.15) is 0 Å². The van der Waals surface area contributed by atoms with Crippen LogP contribution in [0.25, 0.3) is 0 Å². The van der Waals surface area contributed by atoms with E-state index < -0.39 is 0 Å². The molecule has 2 aliphatic carbocycles. The molecule has 0 radical (unpaired) electrons. The van der Waals surface area contributed by atoms with E-state index in [1.807, 2.05) is 13.8 Å². The molecule has 3 rings (SSSR count). The van der Waals surface area contributed by atoms with Gasteiger partial charge in [-0.1, -0.05) is 34.9 Å². The number of nitrogens with one attached hydrogen (secondary N) is 2. The van der Waals surface area contributed by atoms with Crippen molar-refractivity contribution >= 4 is 46.7 Å². The summed E-state index contributed by atoms with van der Waals surface area (Å²) >= 11 is 4.27. The summed E-state index contributed by atoms with van der Waals surface area (Å²) in [7, 11) is 0. The lowest BCUT2D eigenvalue weighted by atomic mass is 10.4. The number of thioether (sulfide) groups is 2. The van der Waals surface area contributed by atoms with Crippen LogP contribution < -0.4 is 10.6 Å². The van der Waals surface area contributed by atoms with Crippen LogP contribution in [0.15, 0.2) is 8.68 Å². The third-order valence-electron chi connectivity index (χ3n) is 3.53. The molecule has 0 saturated heterocycles. The van der Waals surface area contributed by atoms with Gasteiger partial charge >= 0.3 is 0 Å². The van der Waals surface area contributed by atoms with Crippen LogP contribution in [0.4, 0.5) is 0 Å². The molecule has 0 aliphatic heterocycles. The van der Waals surface area contributed by atoms with E-state index in [1.54, 1.807) is 0 Å². The lowest BCUT2D eigenvalue weighted by Crippen LogP contribution is -2.32. The van der Waals surface area contributed by atoms with Gasteiger partial charge < -0.3 is 10.6 Å². The van der Waals surface area contributed by atoms with Crippen molar-refractivity contribution in [2.24, 2.45) is 0 Å². The smallest absolute Gasteiger partial charge is 0.233 e. The Bertz CT molecular complexity index is 538. The number of aromatic nitrogens is 2. The highest BCUT2D eigenvalue weighted by atomic mass is 32.2. The summed E-state index contributed by atoms with van der Waals surface area (Å²) in [6.45, 7) is 3.75. The van der Waals surface area contributed by atoms with Crippen molar-refractivity contribution in [3.63, 3.8) is 0 Å². The van der Waals surface area contributed by atoms with E-state index in [9.17, 15) is 9.59 Å². The van der Waals surface area contributed by atoms with Crippen molar-refractivity contribution in [3.8, 4) is 0 Å². The van der Waals surface area contributed by atoms with Gasteiger partial charge in [0.05, 0.1) is 10.5 Å². The van der Waals surface area contributed by atoms with E-state index in [2.05, 4.69) is 20.8 Å². The van der Waals surface area contributed by atoms with Gasteiger partial charge in [-0.25, -0.2) is 0 Å². The van der Waals surface area contributed by atoms with Crippen LogP contribution in [-0.4, -0.2) is 44.6 Å². The van der Waals surface area contributed by atoms with Crippen LogP contribution in [0, 0.1) is 0 Å². The SMILES string of the molecule is C[C@@H](Sc1nnc(S[C@H](C)C(=O)NC2CC2)s1)C(=O)NC1CC1. The zero-order chi connectivity index (χ0) is 16.4. The van der Waals surface area contributed by atoms with Crippen molar-refractivity contribution < 1.29 is 9.59 Å². The Morgan fingerprint density at radius 2 is 1.35 bits per heavy atom. The molecule has 126 valence electrons. The quantitative estimate of drug-likeness (QED) is 0.680. The summed E-state index contributed by atoms with van der Waals surface area (Å²) in [4.78, 5) is 23.9. The van der Waals surface area contributed by atoms with E-state index in [1.165, 1.54) is 34.9 Å². The van der Waals surface area contributed by atoms with E-state index in [0.717, 1.165) is 34.4 Å². The van der Waals surface area contributed by atoms with E-state index in [0.29, 0.717) is 12.1 Å². The van der Waals surface area contributed by atoms with Crippen molar-refractivity contribution in [1.82, 2.24) is 20.8 Å². The molecule has 0 bridgehead atoms. The van der Waals surface area contributed by atoms with Crippen molar-refractivity contribution in [1.29, 1.82) is 0 Å². The Labute approximate surface area is 148 Å². The normalized spacial score (nSPS) is 19.9. The molecule has 2 atom stereocenters. The predicted octanol–water partition coefficient (Wildman–Crippen LogP) is 2.06. The predicted molar refractivity (Wildman–Crippen MR) is 92.9 cm³/mol. The molecule has 1 aromatic heterocycles. The monoisotopic (exact) mass is 372 g/mol. The molecule has 0 aromatic carbocycles. The first kappa shape index (κ1) is 17.0. The minimum atomic E-state index is -0.183. The van der Waals surface area contributed by atoms with Gasteiger partial charge in [0, 0.05) is 12.1 Å². The van der Waals surface area contributed by atoms with Crippen molar-refractivity contribution in [3.05, 3.63) is 0 Å². The molecular formula is C14H20N4O2S3. The Hall–Kier alpha value is -0.800. The molecule has 0 unspecified atom stereocenters. The molecular weight excluding hydrogens is 352 g/mol. The maximum Gasteiger partial charge on any atom is 0.233 e. The first-order chi connectivity index (χ1) is 11.0. The Balaban J connectivity index is 1.46. The van der Waals surface area contributed by atoms with Crippen LogP contribution in [0.5, 0.6) is 0 Å². The Morgan fingerprint density at radius 3 is 1.70 bits per heavy atom. The number of hydrogen-bond acceptors (Lipinski definition) is 7. The third kappa shape index (κ3) is 5.36. The van der Waals surface area contributed by atoms with Crippen LogP contribution in [0.1, 0.15) is 39.5 Å². The largest absolute Gasteiger partial charge is 0.352 e. The molecule has 2 fully saturated rings. The molecule has 6 nitrogen and oxygen atoms in total. The number of amides is 2. The summed E-state index contributed by atoms with van der Waals surface area (Å²) in [5.41, 5.74) is 0. The average Bonchev–Trinajstić information content (AvgIpc) is 3.42. The van der Waals surface area contributed by atoms with Crippen molar-refractivity contribution in [2.75, 3.05) is 0 Å². The van der Waals surface area contributed by atoms with E-state index in [-0.39, 0.29) is 22.3 Å². The molecule has 1 heterocycles. The maximum absolute atomic E-state index is 11.9. The highest BCUT2D eigenvalue weighted by Gasteiger charge is 2.28. The maximum atomic E-state index is 11.9. The number of nitrogens with zero attached hydrogens (tertiary/aromatic N) is 2. The lowest BCUT2D eigenvalue weighted by Gasteiger charge is -2.09. The minimum absolute atomic E-state index is 0.0547. The second-order valence-electron chi connectivity index (χ2n) is 5.92. The summed E-state index contributed by atoms with van der Waals surface area (Å²) < 4.78 is 1.53. The summed E-state index contributed by atoms with van der Waals surface area (Å²) in [5.74, 6) is 0.109. The van der Waals surface area contributed by atoms with Gasteiger partial charge in [-0.2, -0.15) is 0 Å². The molecule has 2 aliphatic rings. The van der Waals surface area contributed by atoms with Crippen LogP contribution >= 0.6 is 34.9 Å². The van der Waals surface area contributed by atoms with Gasteiger partial charge in [0.2, 0.25) is 11.8 Å². The topological polar surface area (TPSA) is 84.0 Å². The second kappa shape index (κ2) is 7.40. The van der Waals surface area contributed by atoms with Gasteiger partial charge in [-0.05, 0) is 39.5 Å². The number of rotatable bonds is 8. The van der Waals surface area contributed by atoms with Gasteiger partial charge in [-0.15, -0.1) is 10.2 Å². The fraction of sp³-hybridized carbons (Fsp3) is 0.714. The Morgan fingerprint density at radius 1 is 0.957 bits per heavy atom. The fourth-order valence-corrected chi connectivity index (χ4v) is 5.12. The zero-order valence-electron chi connectivity index (χ0n) is 13.1. The third-order valence-corrected chi connectivity index (χ3v) is 6.82. The summed E-state index contributed by atoms with van der Waals surface area (Å²) in [6.07, 6.45) is 4.35. The molecule has 9 heteroatoms. The summed E-state index contributed by atoms with van der Waals surface area (Å²) in [6, 6.07) is 0.744. The van der Waals surface area contributed by atoms with Crippen molar-refractivity contribution in [2.45, 2.75) is 70.8 Å². The molecule has 2 amide bonds. The minimum Gasteiger partial charge on any atom is -0.352 e.